The Bertz CT molecular complexity index is 726. The summed E-state index contributed by atoms with van der Waals surface area (Å²) in [4.78, 5) is 4.60. The van der Waals surface area contributed by atoms with Crippen molar-refractivity contribution in [1.29, 1.82) is 0 Å². The molecular formula is C16H16N2O. The van der Waals surface area contributed by atoms with Crippen LogP contribution in [-0.2, 0) is 0 Å². The van der Waals surface area contributed by atoms with Crippen LogP contribution >= 0.6 is 0 Å². The molecule has 3 aromatic rings. The molecule has 0 aliphatic heterocycles. The summed E-state index contributed by atoms with van der Waals surface area (Å²) >= 11 is 0. The maximum Gasteiger partial charge on any atom is 0.121 e. The van der Waals surface area contributed by atoms with Gasteiger partial charge in [0.05, 0.1) is 18.1 Å². The van der Waals surface area contributed by atoms with Crippen LogP contribution in [0.4, 0.5) is 0 Å². The molecule has 3 heteroatoms. The Hall–Kier alpha value is -2.29. The molecule has 0 radical (unpaired) electrons. The van der Waals surface area contributed by atoms with Gasteiger partial charge < -0.3 is 4.74 Å². The number of fused-ring (bicyclic) bond motifs is 1. The van der Waals surface area contributed by atoms with E-state index in [1.807, 2.05) is 25.1 Å². The van der Waals surface area contributed by atoms with Crippen LogP contribution in [0.25, 0.3) is 16.7 Å². The van der Waals surface area contributed by atoms with Crippen molar-refractivity contribution in [3.63, 3.8) is 0 Å². The van der Waals surface area contributed by atoms with Crippen molar-refractivity contribution >= 4 is 11.0 Å². The summed E-state index contributed by atoms with van der Waals surface area (Å²) in [5.41, 5.74) is 4.45. The summed E-state index contributed by atoms with van der Waals surface area (Å²) in [6.07, 6.45) is 0. The zero-order chi connectivity index (χ0) is 13.4. The van der Waals surface area contributed by atoms with Crippen molar-refractivity contribution in [2.45, 2.75) is 13.8 Å². The largest absolute Gasteiger partial charge is 0.497 e. The highest BCUT2D eigenvalue weighted by atomic mass is 16.5. The van der Waals surface area contributed by atoms with E-state index >= 15 is 0 Å². The summed E-state index contributed by atoms with van der Waals surface area (Å²) in [7, 11) is 1.67. The lowest BCUT2D eigenvalue weighted by Gasteiger charge is -2.07. The van der Waals surface area contributed by atoms with Gasteiger partial charge in [0.1, 0.15) is 11.6 Å². The number of aromatic nitrogens is 2. The molecule has 0 N–H and O–H groups in total. The van der Waals surface area contributed by atoms with E-state index in [1.54, 1.807) is 7.11 Å². The third-order valence-electron chi connectivity index (χ3n) is 3.32. The smallest absolute Gasteiger partial charge is 0.121 e. The highest BCUT2D eigenvalue weighted by molar-refractivity contribution is 5.79. The molecule has 0 aliphatic carbocycles. The average molecular weight is 252 g/mol. The minimum Gasteiger partial charge on any atom is -0.497 e. The highest BCUT2D eigenvalue weighted by Crippen LogP contribution is 2.24. The zero-order valence-electron chi connectivity index (χ0n) is 11.3. The summed E-state index contributed by atoms with van der Waals surface area (Å²) in [5.74, 6) is 1.81. The predicted molar refractivity (Wildman–Crippen MR) is 77.1 cm³/mol. The zero-order valence-corrected chi connectivity index (χ0v) is 11.3. The number of rotatable bonds is 2. The molecule has 0 saturated heterocycles. The third kappa shape index (κ3) is 1.97. The van der Waals surface area contributed by atoms with Gasteiger partial charge in [-0.05, 0) is 38.1 Å². The van der Waals surface area contributed by atoms with Crippen LogP contribution in [0.2, 0.25) is 0 Å². The standard InChI is InChI=1S/C16H16N2O/c1-11-4-6-13(7-5-11)18-12(2)17-15-10-14(19-3)8-9-16(15)18/h4-10H,1-3H3. The summed E-state index contributed by atoms with van der Waals surface area (Å²) in [6, 6.07) is 14.4. The van der Waals surface area contributed by atoms with Gasteiger partial charge >= 0.3 is 0 Å². The molecule has 0 atom stereocenters. The van der Waals surface area contributed by atoms with E-state index in [0.717, 1.165) is 28.3 Å². The maximum absolute atomic E-state index is 5.24. The number of ether oxygens (including phenoxy) is 1. The second-order valence-electron chi connectivity index (χ2n) is 4.68. The van der Waals surface area contributed by atoms with Gasteiger partial charge in [-0.25, -0.2) is 4.98 Å². The highest BCUT2D eigenvalue weighted by Gasteiger charge is 2.09. The van der Waals surface area contributed by atoms with E-state index in [0.29, 0.717) is 0 Å². The van der Waals surface area contributed by atoms with E-state index in [1.165, 1.54) is 5.56 Å². The maximum atomic E-state index is 5.24. The molecule has 0 fully saturated rings. The van der Waals surface area contributed by atoms with Crippen LogP contribution in [0.15, 0.2) is 42.5 Å². The lowest BCUT2D eigenvalue weighted by atomic mass is 10.2. The molecule has 2 aromatic carbocycles. The average Bonchev–Trinajstić information content (AvgIpc) is 2.74. The van der Waals surface area contributed by atoms with Crippen molar-refractivity contribution in [3.05, 3.63) is 53.9 Å². The summed E-state index contributed by atoms with van der Waals surface area (Å²) < 4.78 is 7.40. The molecule has 0 spiro atoms. The Kier molecular flexibility index (Phi) is 2.75. The van der Waals surface area contributed by atoms with Gasteiger partial charge in [0.2, 0.25) is 0 Å². The fourth-order valence-corrected chi connectivity index (χ4v) is 2.33. The molecular weight excluding hydrogens is 236 g/mol. The second kappa shape index (κ2) is 4.43. The molecule has 0 saturated carbocycles. The van der Waals surface area contributed by atoms with Crippen LogP contribution in [0, 0.1) is 13.8 Å². The van der Waals surface area contributed by atoms with Crippen LogP contribution in [0.5, 0.6) is 5.75 Å². The molecule has 19 heavy (non-hydrogen) atoms. The summed E-state index contributed by atoms with van der Waals surface area (Å²) in [6.45, 7) is 4.11. The SMILES string of the molecule is COc1ccc2c(c1)nc(C)n2-c1ccc(C)cc1. The quantitative estimate of drug-likeness (QED) is 0.696. The van der Waals surface area contributed by atoms with Crippen molar-refractivity contribution in [2.24, 2.45) is 0 Å². The minimum absolute atomic E-state index is 0.834. The molecule has 3 nitrogen and oxygen atoms in total. The van der Waals surface area contributed by atoms with Crippen molar-refractivity contribution in [2.75, 3.05) is 7.11 Å². The normalized spacial score (nSPS) is 10.9. The Morgan fingerprint density at radius 2 is 1.74 bits per heavy atom. The number of aryl methyl sites for hydroxylation is 2. The molecule has 1 aromatic heterocycles. The molecule has 96 valence electrons. The number of hydrogen-bond acceptors (Lipinski definition) is 2. The van der Waals surface area contributed by atoms with E-state index in [2.05, 4.69) is 40.7 Å². The first-order valence-corrected chi connectivity index (χ1v) is 6.29. The lowest BCUT2D eigenvalue weighted by molar-refractivity contribution is 0.415. The molecule has 0 unspecified atom stereocenters. The molecule has 0 amide bonds. The predicted octanol–water partition coefficient (Wildman–Crippen LogP) is 3.65. The molecule has 1 heterocycles. The number of methoxy groups -OCH3 is 1. The van der Waals surface area contributed by atoms with Crippen molar-refractivity contribution < 1.29 is 4.74 Å². The third-order valence-corrected chi connectivity index (χ3v) is 3.32. The topological polar surface area (TPSA) is 27.1 Å². The van der Waals surface area contributed by atoms with Gasteiger partial charge in [-0.3, -0.25) is 4.57 Å². The number of hydrogen-bond donors (Lipinski definition) is 0. The van der Waals surface area contributed by atoms with Crippen molar-refractivity contribution in [3.8, 4) is 11.4 Å². The Morgan fingerprint density at radius 1 is 1.00 bits per heavy atom. The monoisotopic (exact) mass is 252 g/mol. The fraction of sp³-hybridized carbons (Fsp3) is 0.188. The van der Waals surface area contributed by atoms with Crippen LogP contribution < -0.4 is 4.74 Å². The first-order chi connectivity index (χ1) is 9.19. The lowest BCUT2D eigenvalue weighted by Crippen LogP contribution is -1.96. The van der Waals surface area contributed by atoms with Gasteiger partial charge in [0.15, 0.2) is 0 Å². The first-order valence-electron chi connectivity index (χ1n) is 6.29. The van der Waals surface area contributed by atoms with E-state index in [-0.39, 0.29) is 0 Å². The Balaban J connectivity index is 2.23. The Morgan fingerprint density at radius 3 is 2.42 bits per heavy atom. The number of benzene rings is 2. The molecule has 0 bridgehead atoms. The van der Waals surface area contributed by atoms with Gasteiger partial charge in [0.25, 0.3) is 0 Å². The van der Waals surface area contributed by atoms with Gasteiger partial charge in [-0.1, -0.05) is 17.7 Å². The number of imidazole rings is 1. The van der Waals surface area contributed by atoms with Crippen LogP contribution in [0.3, 0.4) is 0 Å². The van der Waals surface area contributed by atoms with Crippen LogP contribution in [-0.4, -0.2) is 16.7 Å². The molecule has 0 aliphatic rings. The van der Waals surface area contributed by atoms with Crippen molar-refractivity contribution in [1.82, 2.24) is 9.55 Å². The van der Waals surface area contributed by atoms with E-state index in [9.17, 15) is 0 Å². The fourth-order valence-electron chi connectivity index (χ4n) is 2.33. The number of nitrogens with zero attached hydrogens (tertiary/aromatic N) is 2. The van der Waals surface area contributed by atoms with E-state index < -0.39 is 0 Å². The van der Waals surface area contributed by atoms with E-state index in [4.69, 9.17) is 4.74 Å². The van der Waals surface area contributed by atoms with Crippen LogP contribution in [0.1, 0.15) is 11.4 Å². The van der Waals surface area contributed by atoms with Gasteiger partial charge in [0, 0.05) is 11.8 Å². The second-order valence-corrected chi connectivity index (χ2v) is 4.68. The molecule has 3 rings (SSSR count). The summed E-state index contributed by atoms with van der Waals surface area (Å²) in [5, 5.41) is 0. The Labute approximate surface area is 112 Å². The van der Waals surface area contributed by atoms with Gasteiger partial charge in [-0.2, -0.15) is 0 Å². The first kappa shape index (κ1) is 11.8. The minimum atomic E-state index is 0.834. The van der Waals surface area contributed by atoms with Gasteiger partial charge in [-0.15, -0.1) is 0 Å².